The summed E-state index contributed by atoms with van der Waals surface area (Å²) in [6, 6.07) is 0. The molecule has 0 rings (SSSR count). The van der Waals surface area contributed by atoms with Crippen molar-refractivity contribution in [3.05, 3.63) is 0 Å². The van der Waals surface area contributed by atoms with Crippen molar-refractivity contribution in [1.82, 2.24) is 0 Å². The molecule has 0 aliphatic carbocycles. The molecule has 4 nitrogen and oxygen atoms in total. The van der Waals surface area contributed by atoms with Gasteiger partial charge < -0.3 is 9.84 Å². The van der Waals surface area contributed by atoms with Crippen LogP contribution in [0.5, 0.6) is 0 Å². The standard InChI is InChI=1S/C7H11O4.Na/c1-3-11-7(10)6(4-8)5(2)9;/h6H,3-4H2,1-2H3;/q-1;+1. The topological polar surface area (TPSA) is 66.4 Å². The van der Waals surface area contributed by atoms with Gasteiger partial charge in [-0.3, -0.25) is 9.59 Å². The summed E-state index contributed by atoms with van der Waals surface area (Å²) in [5.41, 5.74) is 0. The van der Waals surface area contributed by atoms with Crippen LogP contribution in [0.2, 0.25) is 0 Å². The first-order valence-corrected chi connectivity index (χ1v) is 3.38. The first-order chi connectivity index (χ1) is 5.13. The summed E-state index contributed by atoms with van der Waals surface area (Å²) in [7, 11) is 0. The molecule has 1 unspecified atom stereocenters. The van der Waals surface area contributed by atoms with E-state index in [1.807, 2.05) is 0 Å². The third-order valence-electron chi connectivity index (χ3n) is 1.23. The van der Waals surface area contributed by atoms with Gasteiger partial charge in [-0.2, -0.15) is 0 Å². The molecule has 0 aromatic heterocycles. The Morgan fingerprint density at radius 1 is 1.50 bits per heavy atom. The number of carbonyl (C=O) groups excluding carboxylic acids is 2. The van der Waals surface area contributed by atoms with Crippen LogP contribution in [0.1, 0.15) is 13.8 Å². The zero-order chi connectivity index (χ0) is 8.85. The van der Waals surface area contributed by atoms with Crippen LogP contribution in [0, 0.1) is 5.92 Å². The summed E-state index contributed by atoms with van der Waals surface area (Å²) in [4.78, 5) is 21.4. The molecule has 0 aromatic rings. The van der Waals surface area contributed by atoms with E-state index in [2.05, 4.69) is 4.74 Å². The van der Waals surface area contributed by atoms with Crippen LogP contribution in [0.4, 0.5) is 0 Å². The van der Waals surface area contributed by atoms with Crippen molar-refractivity contribution in [2.75, 3.05) is 13.2 Å². The van der Waals surface area contributed by atoms with Gasteiger partial charge in [0.25, 0.3) is 0 Å². The van der Waals surface area contributed by atoms with Crippen molar-refractivity contribution in [3.8, 4) is 0 Å². The number of rotatable bonds is 4. The van der Waals surface area contributed by atoms with Crippen LogP contribution in [-0.4, -0.2) is 25.0 Å². The van der Waals surface area contributed by atoms with Gasteiger partial charge >= 0.3 is 35.5 Å². The van der Waals surface area contributed by atoms with E-state index in [9.17, 15) is 14.7 Å². The predicted octanol–water partition coefficient (Wildman–Crippen LogP) is -3.88. The minimum absolute atomic E-state index is 0. The van der Waals surface area contributed by atoms with Crippen molar-refractivity contribution in [2.24, 2.45) is 5.92 Å². The Labute approximate surface area is 93.6 Å². The van der Waals surface area contributed by atoms with E-state index in [1.165, 1.54) is 6.92 Å². The van der Waals surface area contributed by atoms with Crippen molar-refractivity contribution in [1.29, 1.82) is 0 Å². The molecule has 5 heteroatoms. The fourth-order valence-electron chi connectivity index (χ4n) is 0.594. The van der Waals surface area contributed by atoms with E-state index in [-0.39, 0.29) is 36.2 Å². The van der Waals surface area contributed by atoms with Gasteiger partial charge in [0.1, 0.15) is 5.78 Å². The van der Waals surface area contributed by atoms with Gasteiger partial charge in [0.05, 0.1) is 12.5 Å². The number of carbonyl (C=O) groups is 2. The fraction of sp³-hybridized carbons (Fsp3) is 0.714. The van der Waals surface area contributed by atoms with E-state index in [0.717, 1.165) is 0 Å². The maximum absolute atomic E-state index is 10.8. The van der Waals surface area contributed by atoms with Gasteiger partial charge in [-0.05, 0) is 13.8 Å². The minimum atomic E-state index is -1.12. The van der Waals surface area contributed by atoms with Gasteiger partial charge in [0, 0.05) is 0 Å². The van der Waals surface area contributed by atoms with Gasteiger partial charge in [-0.25, -0.2) is 0 Å². The molecule has 0 spiro atoms. The second-order valence-corrected chi connectivity index (χ2v) is 2.08. The molecule has 0 fully saturated rings. The summed E-state index contributed by atoms with van der Waals surface area (Å²) in [6.45, 7) is 2.30. The second kappa shape index (κ2) is 7.73. The van der Waals surface area contributed by atoms with Crippen molar-refractivity contribution >= 4 is 11.8 Å². The van der Waals surface area contributed by atoms with E-state index in [0.29, 0.717) is 0 Å². The average molecular weight is 182 g/mol. The van der Waals surface area contributed by atoms with Gasteiger partial charge in [-0.15, -0.1) is 6.61 Å². The SMILES string of the molecule is CCOC(=O)C(C[O-])C(C)=O.[Na+]. The predicted molar refractivity (Wildman–Crippen MR) is 35.7 cm³/mol. The van der Waals surface area contributed by atoms with E-state index < -0.39 is 24.3 Å². The van der Waals surface area contributed by atoms with Crippen LogP contribution >= 0.6 is 0 Å². The molecule has 64 valence electrons. The summed E-state index contributed by atoms with van der Waals surface area (Å²) in [5, 5.41) is 10.3. The number of hydrogen-bond acceptors (Lipinski definition) is 4. The van der Waals surface area contributed by atoms with Gasteiger partial charge in [0.15, 0.2) is 0 Å². The molecule has 0 aliphatic heterocycles. The third-order valence-corrected chi connectivity index (χ3v) is 1.23. The molecule has 1 atom stereocenters. The van der Waals surface area contributed by atoms with E-state index in [4.69, 9.17) is 0 Å². The van der Waals surface area contributed by atoms with Crippen molar-refractivity contribution < 1.29 is 49.0 Å². The van der Waals surface area contributed by atoms with Crippen LogP contribution in [0.3, 0.4) is 0 Å². The Kier molecular flexibility index (Phi) is 9.42. The maximum atomic E-state index is 10.8. The van der Waals surface area contributed by atoms with Gasteiger partial charge in [-0.1, -0.05) is 0 Å². The normalized spacial score (nSPS) is 11.2. The zero-order valence-corrected chi connectivity index (χ0v) is 9.62. The fourth-order valence-corrected chi connectivity index (χ4v) is 0.594. The third kappa shape index (κ3) is 4.87. The Morgan fingerprint density at radius 3 is 2.25 bits per heavy atom. The molecule has 0 radical (unpaired) electrons. The zero-order valence-electron chi connectivity index (χ0n) is 7.62. The minimum Gasteiger partial charge on any atom is -0.854 e. The van der Waals surface area contributed by atoms with E-state index >= 15 is 0 Å². The number of ether oxygens (including phenoxy) is 1. The second-order valence-electron chi connectivity index (χ2n) is 2.08. The summed E-state index contributed by atoms with van der Waals surface area (Å²) in [6.07, 6.45) is 0. The first kappa shape index (κ1) is 14.6. The van der Waals surface area contributed by atoms with E-state index in [1.54, 1.807) is 6.92 Å². The molecular formula is C7H11NaO4. The monoisotopic (exact) mass is 182 g/mol. The Balaban J connectivity index is 0. The number of ketones is 1. The molecule has 0 aliphatic rings. The maximum Gasteiger partial charge on any atom is 1.00 e. The molecule has 0 bridgehead atoms. The Morgan fingerprint density at radius 2 is 2.00 bits per heavy atom. The molecule has 0 saturated carbocycles. The van der Waals surface area contributed by atoms with Crippen LogP contribution < -0.4 is 34.7 Å². The van der Waals surface area contributed by atoms with Crippen molar-refractivity contribution in [2.45, 2.75) is 13.8 Å². The average Bonchev–Trinajstić information content (AvgIpc) is 1.88. The molecule has 0 amide bonds. The summed E-state index contributed by atoms with van der Waals surface area (Å²) < 4.78 is 4.50. The Bertz CT molecular complexity index is 157. The molecule has 0 heterocycles. The Hall–Kier alpha value is 0.1000. The number of hydrogen-bond donors (Lipinski definition) is 0. The summed E-state index contributed by atoms with van der Waals surface area (Å²) in [5.74, 6) is -2.26. The number of esters is 1. The molecule has 0 aromatic carbocycles. The van der Waals surface area contributed by atoms with Crippen LogP contribution in [0.25, 0.3) is 0 Å². The largest absolute Gasteiger partial charge is 1.00 e. The van der Waals surface area contributed by atoms with Crippen LogP contribution in [0.15, 0.2) is 0 Å². The summed E-state index contributed by atoms with van der Waals surface area (Å²) >= 11 is 0. The van der Waals surface area contributed by atoms with Gasteiger partial charge in [0.2, 0.25) is 0 Å². The smallest absolute Gasteiger partial charge is 0.854 e. The molecule has 0 saturated heterocycles. The number of Topliss-reactive ketones (excluding diaryl/α,β-unsaturated/α-hetero) is 1. The molecular weight excluding hydrogens is 171 g/mol. The quantitative estimate of drug-likeness (QED) is 0.253. The van der Waals surface area contributed by atoms with Crippen molar-refractivity contribution in [3.63, 3.8) is 0 Å². The molecule has 0 N–H and O–H groups in total. The van der Waals surface area contributed by atoms with Crippen LogP contribution in [-0.2, 0) is 14.3 Å². The first-order valence-electron chi connectivity index (χ1n) is 3.38. The molecule has 12 heavy (non-hydrogen) atoms.